The van der Waals surface area contributed by atoms with Gasteiger partial charge in [0, 0.05) is 9.22 Å². The van der Waals surface area contributed by atoms with Crippen molar-refractivity contribution in [2.24, 2.45) is 0 Å². The molecule has 0 bridgehead atoms. The van der Waals surface area contributed by atoms with E-state index in [0.717, 1.165) is 16.0 Å². The van der Waals surface area contributed by atoms with Gasteiger partial charge in [-0.05, 0) is 65.3 Å². The number of hydrogen-bond donors (Lipinski definition) is 0. The van der Waals surface area contributed by atoms with Crippen LogP contribution in [0.3, 0.4) is 0 Å². The molecule has 0 amide bonds. The molecule has 1 aromatic rings. The molecule has 0 heterocycles. The Kier molecular flexibility index (Phi) is 8.19. The van der Waals surface area contributed by atoms with Crippen LogP contribution >= 0.6 is 26.2 Å². The third-order valence-electron chi connectivity index (χ3n) is 3.04. The summed E-state index contributed by atoms with van der Waals surface area (Å²) in [5.41, 5.74) is 0. The highest BCUT2D eigenvalue weighted by molar-refractivity contribution is 9.10. The van der Waals surface area contributed by atoms with Crippen molar-refractivity contribution >= 4 is 26.2 Å². The molecule has 0 radical (unpaired) electrons. The average molecular weight is 379 g/mol. The fourth-order valence-corrected chi connectivity index (χ4v) is 2.42. The van der Waals surface area contributed by atoms with E-state index in [4.69, 9.17) is 8.92 Å². The van der Waals surface area contributed by atoms with Crippen LogP contribution in [-0.2, 0) is 0 Å². The molecule has 0 aliphatic heterocycles. The van der Waals surface area contributed by atoms with Gasteiger partial charge in [0.15, 0.2) is 11.5 Å². The summed E-state index contributed by atoms with van der Waals surface area (Å²) in [6.45, 7) is 14.7. The van der Waals surface area contributed by atoms with Gasteiger partial charge in [0.05, 0.1) is 6.10 Å². The summed E-state index contributed by atoms with van der Waals surface area (Å²) in [5.74, 6) is 1.63. The third kappa shape index (κ3) is 6.52. The number of halogens is 1. The van der Waals surface area contributed by atoms with Crippen molar-refractivity contribution < 1.29 is 8.92 Å². The maximum Gasteiger partial charge on any atom is 0.176 e. The predicted octanol–water partition coefficient (Wildman–Crippen LogP) is 6.42. The summed E-state index contributed by atoms with van der Waals surface area (Å²) in [5, 5.41) is 0. The molecule has 21 heavy (non-hydrogen) atoms. The minimum atomic E-state index is -1.22. The first-order valence-corrected chi connectivity index (χ1v) is 10.6. The highest BCUT2D eigenvalue weighted by Crippen LogP contribution is 2.55. The van der Waals surface area contributed by atoms with Gasteiger partial charge in [-0.1, -0.05) is 40.1 Å². The minimum absolute atomic E-state index is 0.120. The summed E-state index contributed by atoms with van der Waals surface area (Å²) in [6, 6.07) is 5.93. The van der Waals surface area contributed by atoms with Gasteiger partial charge in [0.2, 0.25) is 0 Å². The summed E-state index contributed by atoms with van der Waals surface area (Å²) in [4.78, 5) is 0. The maximum absolute atomic E-state index is 6.29. The summed E-state index contributed by atoms with van der Waals surface area (Å²) < 4.78 is 13.3. The Morgan fingerprint density at radius 1 is 1.05 bits per heavy atom. The number of ether oxygens (including phenoxy) is 1. The van der Waals surface area contributed by atoms with Crippen LogP contribution in [0.1, 0.15) is 48.5 Å². The van der Waals surface area contributed by atoms with Crippen LogP contribution in [0.5, 0.6) is 11.5 Å². The molecule has 124 valence electrons. The Morgan fingerprint density at radius 3 is 2.00 bits per heavy atom. The Morgan fingerprint density at radius 2 is 1.57 bits per heavy atom. The summed E-state index contributed by atoms with van der Waals surface area (Å²) in [6.07, 6.45) is 4.51. The quantitative estimate of drug-likeness (QED) is 0.601. The molecule has 0 aliphatic rings. The van der Waals surface area contributed by atoms with Crippen LogP contribution in [0.25, 0.3) is 0 Å². The molecule has 0 saturated carbocycles. The lowest BCUT2D eigenvalue weighted by Crippen LogP contribution is -2.27. The van der Waals surface area contributed by atoms with Gasteiger partial charge >= 0.3 is 0 Å². The lowest BCUT2D eigenvalue weighted by atomic mass is 10.3. The second-order valence-corrected chi connectivity index (χ2v) is 11.0. The highest BCUT2D eigenvalue weighted by Gasteiger charge is 2.31. The zero-order valence-corrected chi connectivity index (χ0v) is 17.3. The van der Waals surface area contributed by atoms with E-state index in [-0.39, 0.29) is 10.9 Å². The fourth-order valence-electron chi connectivity index (χ4n) is 1.25. The van der Waals surface area contributed by atoms with E-state index < -0.39 is 10.3 Å². The lowest BCUT2D eigenvalue weighted by molar-refractivity contribution is 0.236. The molecule has 0 aromatic heterocycles. The van der Waals surface area contributed by atoms with Gasteiger partial charge in [0.1, 0.15) is 0 Å². The Balaban J connectivity index is 0.00000191. The fraction of sp³-hybridized carbons (Fsp3) is 0.647. The van der Waals surface area contributed by atoms with Crippen molar-refractivity contribution in [3.05, 3.63) is 22.7 Å². The lowest BCUT2D eigenvalue weighted by Gasteiger charge is -2.44. The van der Waals surface area contributed by atoms with E-state index in [1.165, 1.54) is 0 Å². The van der Waals surface area contributed by atoms with Crippen LogP contribution in [0.2, 0.25) is 0 Å². The monoisotopic (exact) mass is 378 g/mol. The molecule has 0 fully saturated rings. The largest absolute Gasteiger partial charge is 0.487 e. The first-order chi connectivity index (χ1) is 9.53. The van der Waals surface area contributed by atoms with Crippen molar-refractivity contribution in [1.82, 2.24) is 0 Å². The van der Waals surface area contributed by atoms with E-state index in [9.17, 15) is 0 Å². The van der Waals surface area contributed by atoms with Crippen LogP contribution in [0.4, 0.5) is 0 Å². The zero-order chi connectivity index (χ0) is 16.8. The molecule has 1 aromatic carbocycles. The molecule has 2 nitrogen and oxygen atoms in total. The van der Waals surface area contributed by atoms with E-state index in [0.29, 0.717) is 0 Å². The second-order valence-electron chi connectivity index (χ2n) is 6.19. The van der Waals surface area contributed by atoms with Gasteiger partial charge in [0.25, 0.3) is 0 Å². The van der Waals surface area contributed by atoms with E-state index in [1.54, 1.807) is 0 Å². The van der Waals surface area contributed by atoms with Gasteiger partial charge < -0.3 is 8.92 Å². The predicted molar refractivity (Wildman–Crippen MR) is 101 cm³/mol. The Labute approximate surface area is 141 Å². The molecule has 0 aliphatic carbocycles. The molecular weight excluding hydrogens is 348 g/mol. The van der Waals surface area contributed by atoms with E-state index in [1.807, 2.05) is 45.9 Å². The third-order valence-corrected chi connectivity index (χ3v) is 7.08. The molecule has 0 spiro atoms. The van der Waals surface area contributed by atoms with Gasteiger partial charge in [-0.3, -0.25) is 0 Å². The normalized spacial score (nSPS) is 12.5. The van der Waals surface area contributed by atoms with Crippen molar-refractivity contribution in [2.75, 3.05) is 12.5 Å². The SMILES string of the molecule is CC.CC(C)Oc1cc(Br)ccc1OS(C)(C)C(C)(C)C. The molecule has 0 saturated heterocycles. The zero-order valence-electron chi connectivity index (χ0n) is 14.9. The van der Waals surface area contributed by atoms with Crippen molar-refractivity contribution in [3.63, 3.8) is 0 Å². The van der Waals surface area contributed by atoms with Gasteiger partial charge in [-0.25, -0.2) is 0 Å². The first-order valence-electron chi connectivity index (χ1n) is 7.41. The maximum atomic E-state index is 6.29. The van der Waals surface area contributed by atoms with Crippen LogP contribution in [0, 0.1) is 0 Å². The van der Waals surface area contributed by atoms with Gasteiger partial charge in [-0.2, -0.15) is 0 Å². The molecule has 0 N–H and O–H groups in total. The van der Waals surface area contributed by atoms with Crippen LogP contribution in [-0.4, -0.2) is 23.4 Å². The molecule has 1 rings (SSSR count). The van der Waals surface area contributed by atoms with Crippen molar-refractivity contribution in [1.29, 1.82) is 0 Å². The summed E-state index contributed by atoms with van der Waals surface area (Å²) in [7, 11) is -1.22. The first kappa shape index (κ1) is 20.6. The number of rotatable bonds is 4. The van der Waals surface area contributed by atoms with Crippen molar-refractivity contribution in [3.8, 4) is 11.5 Å². The molecular formula is C17H31BrO2S. The molecule has 0 unspecified atom stereocenters. The highest BCUT2D eigenvalue weighted by atomic mass is 79.9. The van der Waals surface area contributed by atoms with Crippen LogP contribution in [0.15, 0.2) is 22.7 Å². The number of benzene rings is 1. The van der Waals surface area contributed by atoms with E-state index in [2.05, 4.69) is 49.2 Å². The van der Waals surface area contributed by atoms with E-state index >= 15 is 0 Å². The minimum Gasteiger partial charge on any atom is -0.487 e. The smallest absolute Gasteiger partial charge is 0.176 e. The van der Waals surface area contributed by atoms with Gasteiger partial charge in [-0.15, -0.1) is 0 Å². The topological polar surface area (TPSA) is 18.5 Å². The Hall–Kier alpha value is -0.350. The van der Waals surface area contributed by atoms with Crippen LogP contribution < -0.4 is 8.92 Å². The molecule has 0 atom stereocenters. The average Bonchev–Trinajstić information content (AvgIpc) is 2.33. The molecule has 4 heteroatoms. The Bertz CT molecular complexity index is 437. The van der Waals surface area contributed by atoms with Crippen molar-refractivity contribution in [2.45, 2.75) is 59.3 Å². The standard InChI is InChI=1S/C15H25BrO2S.C2H6/c1-11(2)17-14-10-12(16)8-9-13(14)18-19(6,7)15(3,4)5;1-2/h8-11H,1-7H3;1-2H3. The second kappa shape index (κ2) is 8.33. The number of hydrogen-bond acceptors (Lipinski definition) is 2. The summed E-state index contributed by atoms with van der Waals surface area (Å²) >= 11 is 3.48.